The van der Waals surface area contributed by atoms with Gasteiger partial charge in [0, 0.05) is 31.6 Å². The standard InChI is InChI=1S/C21H33N3O3/c1-15-14-24(16(2)13-23(15)6)19(25)18(12-17-10-8-7-9-11-17)22-20(26)27-21(3,4)5/h7-11,15-16,18H,12-14H2,1-6H3,(H,22,26). The molecule has 1 heterocycles. The molecular formula is C21H33N3O3. The lowest BCUT2D eigenvalue weighted by Gasteiger charge is -2.43. The highest BCUT2D eigenvalue weighted by Gasteiger charge is 2.35. The molecule has 0 aliphatic carbocycles. The smallest absolute Gasteiger partial charge is 0.408 e. The number of alkyl carbamates (subject to hydrolysis) is 1. The maximum atomic E-state index is 13.3. The molecular weight excluding hydrogens is 342 g/mol. The van der Waals surface area contributed by atoms with E-state index in [1.54, 1.807) is 0 Å². The average molecular weight is 376 g/mol. The molecule has 6 nitrogen and oxygen atoms in total. The number of carbonyl (C=O) groups excluding carboxylic acids is 2. The van der Waals surface area contributed by atoms with Crippen LogP contribution in [0.25, 0.3) is 0 Å². The summed E-state index contributed by atoms with van der Waals surface area (Å²) in [6.07, 6.45) is -0.126. The van der Waals surface area contributed by atoms with Crippen LogP contribution in [0.3, 0.4) is 0 Å². The van der Waals surface area contributed by atoms with Gasteiger partial charge in [-0.25, -0.2) is 4.79 Å². The second-order valence-corrected chi connectivity index (χ2v) is 8.52. The molecule has 1 aromatic carbocycles. The fourth-order valence-electron chi connectivity index (χ4n) is 3.31. The quantitative estimate of drug-likeness (QED) is 0.879. The Morgan fingerprint density at radius 1 is 1.15 bits per heavy atom. The molecule has 2 rings (SSSR count). The van der Waals surface area contributed by atoms with Gasteiger partial charge in [0.15, 0.2) is 0 Å². The van der Waals surface area contributed by atoms with Crippen molar-refractivity contribution in [1.82, 2.24) is 15.1 Å². The molecule has 1 aromatic rings. The van der Waals surface area contributed by atoms with Crippen LogP contribution in [0, 0.1) is 0 Å². The van der Waals surface area contributed by atoms with Gasteiger partial charge in [0.25, 0.3) is 0 Å². The van der Waals surface area contributed by atoms with Crippen molar-refractivity contribution in [3.8, 4) is 0 Å². The summed E-state index contributed by atoms with van der Waals surface area (Å²) in [6, 6.07) is 9.46. The van der Waals surface area contributed by atoms with E-state index in [4.69, 9.17) is 4.74 Å². The van der Waals surface area contributed by atoms with Crippen LogP contribution < -0.4 is 5.32 Å². The number of carbonyl (C=O) groups is 2. The molecule has 1 saturated heterocycles. The average Bonchev–Trinajstić information content (AvgIpc) is 2.56. The van der Waals surface area contributed by atoms with Gasteiger partial charge in [0.05, 0.1) is 0 Å². The Bertz CT molecular complexity index is 642. The van der Waals surface area contributed by atoms with Gasteiger partial charge < -0.3 is 15.0 Å². The van der Waals surface area contributed by atoms with E-state index in [0.717, 1.165) is 12.1 Å². The Kier molecular flexibility index (Phi) is 6.87. The number of hydrogen-bond donors (Lipinski definition) is 1. The summed E-state index contributed by atoms with van der Waals surface area (Å²) in [7, 11) is 2.07. The number of ether oxygens (including phenoxy) is 1. The predicted molar refractivity (Wildman–Crippen MR) is 107 cm³/mol. The topological polar surface area (TPSA) is 61.9 Å². The fraction of sp³-hybridized carbons (Fsp3) is 0.619. The van der Waals surface area contributed by atoms with Gasteiger partial charge in [-0.05, 0) is 47.2 Å². The van der Waals surface area contributed by atoms with E-state index in [1.165, 1.54) is 0 Å². The van der Waals surface area contributed by atoms with Crippen molar-refractivity contribution in [2.45, 2.75) is 64.8 Å². The Morgan fingerprint density at radius 3 is 2.37 bits per heavy atom. The maximum Gasteiger partial charge on any atom is 0.408 e. The van der Waals surface area contributed by atoms with Gasteiger partial charge in [-0.2, -0.15) is 0 Å². The van der Waals surface area contributed by atoms with Crippen molar-refractivity contribution in [2.75, 3.05) is 20.1 Å². The van der Waals surface area contributed by atoms with Crippen molar-refractivity contribution < 1.29 is 14.3 Å². The highest BCUT2D eigenvalue weighted by Crippen LogP contribution is 2.17. The largest absolute Gasteiger partial charge is 0.444 e. The van der Waals surface area contributed by atoms with Crippen LogP contribution in [0.1, 0.15) is 40.2 Å². The zero-order valence-electron chi connectivity index (χ0n) is 17.4. The van der Waals surface area contributed by atoms with Gasteiger partial charge in [0.1, 0.15) is 11.6 Å². The lowest BCUT2D eigenvalue weighted by molar-refractivity contribution is -0.139. The first kappa shape index (κ1) is 21.2. The van der Waals surface area contributed by atoms with E-state index in [0.29, 0.717) is 13.0 Å². The lowest BCUT2D eigenvalue weighted by Crippen LogP contribution is -2.61. The normalized spacial score (nSPS) is 22.2. The number of likely N-dealkylation sites (N-methyl/N-ethyl adjacent to an activating group) is 1. The number of rotatable bonds is 4. The van der Waals surface area contributed by atoms with Gasteiger partial charge in [-0.3, -0.25) is 9.69 Å². The summed E-state index contributed by atoms with van der Waals surface area (Å²) in [4.78, 5) is 29.8. The van der Waals surface area contributed by atoms with Crippen LogP contribution in [0.2, 0.25) is 0 Å². The van der Waals surface area contributed by atoms with Crippen molar-refractivity contribution in [1.29, 1.82) is 0 Å². The van der Waals surface area contributed by atoms with Gasteiger partial charge in [0.2, 0.25) is 5.91 Å². The molecule has 27 heavy (non-hydrogen) atoms. The van der Waals surface area contributed by atoms with Crippen molar-refractivity contribution in [3.05, 3.63) is 35.9 Å². The van der Waals surface area contributed by atoms with Crippen LogP contribution in [0.4, 0.5) is 4.79 Å². The second-order valence-electron chi connectivity index (χ2n) is 8.52. The molecule has 6 heteroatoms. The summed E-state index contributed by atoms with van der Waals surface area (Å²) in [6.45, 7) is 11.1. The van der Waals surface area contributed by atoms with E-state index >= 15 is 0 Å². The summed E-state index contributed by atoms with van der Waals surface area (Å²) < 4.78 is 5.38. The monoisotopic (exact) mass is 375 g/mol. The molecule has 150 valence electrons. The molecule has 1 N–H and O–H groups in total. The fourth-order valence-corrected chi connectivity index (χ4v) is 3.31. The van der Waals surface area contributed by atoms with Crippen LogP contribution in [0.5, 0.6) is 0 Å². The maximum absolute atomic E-state index is 13.3. The third kappa shape index (κ3) is 6.24. The zero-order chi connectivity index (χ0) is 20.2. The third-order valence-corrected chi connectivity index (χ3v) is 4.85. The predicted octanol–water partition coefficient (Wildman–Crippen LogP) is 2.67. The molecule has 2 amide bonds. The third-order valence-electron chi connectivity index (χ3n) is 4.85. The number of nitrogens with one attached hydrogen (secondary N) is 1. The van der Waals surface area contributed by atoms with Crippen molar-refractivity contribution in [2.24, 2.45) is 0 Å². The molecule has 3 unspecified atom stereocenters. The summed E-state index contributed by atoms with van der Waals surface area (Å²) >= 11 is 0. The molecule has 1 aliphatic rings. The first-order chi connectivity index (χ1) is 12.6. The van der Waals surface area contributed by atoms with E-state index in [9.17, 15) is 9.59 Å². The van der Waals surface area contributed by atoms with Gasteiger partial charge in [-0.1, -0.05) is 30.3 Å². The molecule has 0 spiro atoms. The number of nitrogens with zero attached hydrogens (tertiary/aromatic N) is 2. The summed E-state index contributed by atoms with van der Waals surface area (Å²) in [5.41, 5.74) is 0.391. The van der Waals surface area contributed by atoms with E-state index in [1.807, 2.05) is 62.9 Å². The number of amides is 2. The Morgan fingerprint density at radius 2 is 1.78 bits per heavy atom. The molecule has 1 fully saturated rings. The minimum absolute atomic E-state index is 0.0582. The SMILES string of the molecule is CC1CN(C(=O)C(Cc2ccccc2)NC(=O)OC(C)(C)C)C(C)CN1C. The summed E-state index contributed by atoms with van der Waals surface area (Å²) in [5.74, 6) is -0.0582. The Labute approximate surface area is 162 Å². The van der Waals surface area contributed by atoms with E-state index in [2.05, 4.69) is 24.2 Å². The zero-order valence-corrected chi connectivity index (χ0v) is 17.4. The van der Waals surface area contributed by atoms with Crippen molar-refractivity contribution >= 4 is 12.0 Å². The summed E-state index contributed by atoms with van der Waals surface area (Å²) in [5, 5.41) is 2.80. The molecule has 1 aliphatic heterocycles. The van der Waals surface area contributed by atoms with Crippen LogP contribution in [-0.4, -0.2) is 65.7 Å². The van der Waals surface area contributed by atoms with Crippen LogP contribution >= 0.6 is 0 Å². The highest BCUT2D eigenvalue weighted by atomic mass is 16.6. The van der Waals surface area contributed by atoms with E-state index < -0.39 is 17.7 Å². The van der Waals surface area contributed by atoms with Crippen LogP contribution in [0.15, 0.2) is 30.3 Å². The first-order valence-electron chi connectivity index (χ1n) is 9.61. The Balaban J connectivity index is 2.17. The molecule has 0 radical (unpaired) electrons. The van der Waals surface area contributed by atoms with Gasteiger partial charge in [-0.15, -0.1) is 0 Å². The number of hydrogen-bond acceptors (Lipinski definition) is 4. The first-order valence-corrected chi connectivity index (χ1v) is 9.61. The number of benzene rings is 1. The molecule has 0 aromatic heterocycles. The Hall–Kier alpha value is -2.08. The number of piperazine rings is 1. The van der Waals surface area contributed by atoms with Crippen LogP contribution in [-0.2, 0) is 16.0 Å². The highest BCUT2D eigenvalue weighted by molar-refractivity contribution is 5.86. The second kappa shape index (κ2) is 8.74. The van der Waals surface area contributed by atoms with E-state index in [-0.39, 0.29) is 18.0 Å². The van der Waals surface area contributed by atoms with Gasteiger partial charge >= 0.3 is 6.09 Å². The minimum Gasteiger partial charge on any atom is -0.444 e. The van der Waals surface area contributed by atoms with Crippen molar-refractivity contribution in [3.63, 3.8) is 0 Å². The lowest BCUT2D eigenvalue weighted by atomic mass is 10.0. The molecule has 0 saturated carbocycles. The molecule has 0 bridgehead atoms. The minimum atomic E-state index is -0.652. The molecule has 3 atom stereocenters.